The van der Waals surface area contributed by atoms with Crippen molar-refractivity contribution in [2.45, 2.75) is 44.1 Å². The first kappa shape index (κ1) is 21.2. The molecule has 7 heteroatoms. The van der Waals surface area contributed by atoms with E-state index >= 15 is 0 Å². The van der Waals surface area contributed by atoms with Gasteiger partial charge in [-0.3, -0.25) is 4.79 Å². The maximum atomic E-state index is 12.8. The number of thiophene rings is 1. The molecule has 1 heterocycles. The summed E-state index contributed by atoms with van der Waals surface area (Å²) < 4.78 is 10.8. The van der Waals surface area contributed by atoms with Crippen LogP contribution in [0.5, 0.6) is 5.75 Å². The molecule has 29 heavy (non-hydrogen) atoms. The molecule has 0 bridgehead atoms. The fourth-order valence-corrected chi connectivity index (χ4v) is 4.69. The van der Waals surface area contributed by atoms with Gasteiger partial charge in [-0.05, 0) is 67.1 Å². The van der Waals surface area contributed by atoms with Gasteiger partial charge >= 0.3 is 6.09 Å². The number of methoxy groups -OCH3 is 1. The lowest BCUT2D eigenvalue weighted by Crippen LogP contribution is -2.45. The Morgan fingerprint density at radius 2 is 1.93 bits per heavy atom. The number of carbonyl (C=O) groups is 2. The van der Waals surface area contributed by atoms with Crippen molar-refractivity contribution >= 4 is 23.3 Å². The molecule has 2 amide bonds. The number of hydrogen-bond acceptors (Lipinski definition) is 5. The van der Waals surface area contributed by atoms with Gasteiger partial charge in [0, 0.05) is 18.5 Å². The van der Waals surface area contributed by atoms with Crippen molar-refractivity contribution in [3.63, 3.8) is 0 Å². The normalized spacial score (nSPS) is 21.2. The third kappa shape index (κ3) is 5.09. The summed E-state index contributed by atoms with van der Waals surface area (Å²) in [5.41, 5.74) is 1.61. The Labute approximate surface area is 175 Å². The van der Waals surface area contributed by atoms with Gasteiger partial charge in [-0.15, -0.1) is 0 Å². The molecule has 0 radical (unpaired) electrons. The zero-order chi connectivity index (χ0) is 20.7. The van der Waals surface area contributed by atoms with Crippen LogP contribution in [0.3, 0.4) is 0 Å². The number of benzene rings is 1. The largest absolute Gasteiger partial charge is 0.496 e. The quantitative estimate of drug-likeness (QED) is 0.712. The maximum absolute atomic E-state index is 12.8. The Bertz CT molecular complexity index is 814. The molecule has 1 aromatic heterocycles. The van der Waals surface area contributed by atoms with Gasteiger partial charge in [-0.1, -0.05) is 12.1 Å². The fraction of sp³-hybridized carbons (Fsp3) is 0.455. The average Bonchev–Trinajstić information content (AvgIpc) is 3.29. The van der Waals surface area contributed by atoms with Crippen molar-refractivity contribution in [3.05, 3.63) is 52.2 Å². The van der Waals surface area contributed by atoms with E-state index in [4.69, 9.17) is 9.47 Å². The highest BCUT2D eigenvalue weighted by Crippen LogP contribution is 2.41. The molecule has 1 saturated carbocycles. The first-order valence-corrected chi connectivity index (χ1v) is 10.9. The zero-order valence-electron chi connectivity index (χ0n) is 16.9. The molecule has 1 aliphatic carbocycles. The maximum Gasteiger partial charge on any atom is 0.407 e. The topological polar surface area (TPSA) is 76.7 Å². The number of rotatable bonds is 7. The van der Waals surface area contributed by atoms with Crippen molar-refractivity contribution in [2.24, 2.45) is 0 Å². The second-order valence-corrected chi connectivity index (χ2v) is 8.09. The molecule has 3 rings (SSSR count). The Morgan fingerprint density at radius 1 is 1.17 bits per heavy atom. The minimum Gasteiger partial charge on any atom is -0.496 e. The second kappa shape index (κ2) is 9.78. The van der Waals surface area contributed by atoms with Crippen molar-refractivity contribution in [2.75, 3.05) is 20.2 Å². The number of alkyl carbamates (subject to hydrolysis) is 1. The van der Waals surface area contributed by atoms with Crippen LogP contribution in [0.25, 0.3) is 0 Å². The van der Waals surface area contributed by atoms with Gasteiger partial charge < -0.3 is 20.1 Å². The molecule has 6 nitrogen and oxygen atoms in total. The van der Waals surface area contributed by atoms with Crippen LogP contribution in [0.1, 0.15) is 48.5 Å². The molecule has 156 valence electrons. The summed E-state index contributed by atoms with van der Waals surface area (Å²) >= 11 is 1.66. The summed E-state index contributed by atoms with van der Waals surface area (Å²) in [4.78, 5) is 24.5. The molecule has 0 aliphatic heterocycles. The standard InChI is InChI=1S/C22H28N2O4S/c1-3-23-21(26)28-17-8-11-22(12-9-17,16-10-13-29-14-16)15-24-20(25)18-6-4-5-7-19(18)27-2/h4-7,10,13-14,17H,3,8-9,11-12,15H2,1-2H3,(H,23,26)(H,24,25). The monoisotopic (exact) mass is 416 g/mol. The van der Waals surface area contributed by atoms with E-state index in [0.717, 1.165) is 25.7 Å². The molecule has 2 N–H and O–H groups in total. The van der Waals surface area contributed by atoms with Crippen LogP contribution in [0, 0.1) is 0 Å². The third-order valence-corrected chi connectivity index (χ3v) is 6.24. The number of nitrogens with one attached hydrogen (secondary N) is 2. The van der Waals surface area contributed by atoms with Crippen molar-refractivity contribution in [1.29, 1.82) is 0 Å². The number of carbonyl (C=O) groups excluding carboxylic acids is 2. The van der Waals surface area contributed by atoms with Crippen LogP contribution >= 0.6 is 11.3 Å². The minimum absolute atomic E-state index is 0.0850. The summed E-state index contributed by atoms with van der Waals surface area (Å²) in [5, 5.41) is 10.0. The SMILES string of the molecule is CCNC(=O)OC1CCC(CNC(=O)c2ccccc2OC)(c2ccsc2)CC1. The number of amides is 2. The van der Waals surface area contributed by atoms with E-state index in [1.54, 1.807) is 30.6 Å². The van der Waals surface area contributed by atoms with E-state index in [1.165, 1.54) is 5.56 Å². The van der Waals surface area contributed by atoms with Crippen molar-refractivity contribution in [1.82, 2.24) is 10.6 Å². The van der Waals surface area contributed by atoms with Gasteiger partial charge in [0.1, 0.15) is 11.9 Å². The molecule has 1 fully saturated rings. The lowest BCUT2D eigenvalue weighted by Gasteiger charge is -2.40. The fourth-order valence-electron chi connectivity index (χ4n) is 3.91. The second-order valence-electron chi connectivity index (χ2n) is 7.31. The zero-order valence-corrected chi connectivity index (χ0v) is 17.7. The minimum atomic E-state index is -0.356. The van der Waals surface area contributed by atoms with Crippen LogP contribution in [-0.4, -0.2) is 38.3 Å². The van der Waals surface area contributed by atoms with Gasteiger partial charge in [-0.25, -0.2) is 4.79 Å². The Balaban J connectivity index is 1.68. The van der Waals surface area contributed by atoms with Crippen molar-refractivity contribution in [3.8, 4) is 5.75 Å². The molecule has 0 spiro atoms. The van der Waals surface area contributed by atoms with E-state index in [9.17, 15) is 9.59 Å². The predicted octanol–water partition coefficient (Wildman–Crippen LogP) is 4.11. The molecule has 0 saturated heterocycles. The number of hydrogen-bond donors (Lipinski definition) is 2. The summed E-state index contributed by atoms with van der Waals surface area (Å²) in [5.74, 6) is 0.423. The molecular weight excluding hydrogens is 388 g/mol. The van der Waals surface area contributed by atoms with Crippen LogP contribution in [0.15, 0.2) is 41.1 Å². The summed E-state index contributed by atoms with van der Waals surface area (Å²) in [6.45, 7) is 2.96. The molecule has 1 aromatic carbocycles. The van der Waals surface area contributed by atoms with Gasteiger partial charge in [0.2, 0.25) is 0 Å². The van der Waals surface area contributed by atoms with E-state index in [1.807, 2.05) is 19.1 Å². The van der Waals surface area contributed by atoms with Crippen LogP contribution in [0.4, 0.5) is 4.79 Å². The summed E-state index contributed by atoms with van der Waals surface area (Å²) in [6.07, 6.45) is 2.80. The van der Waals surface area contributed by atoms with Gasteiger partial charge in [0.05, 0.1) is 12.7 Å². The highest BCUT2D eigenvalue weighted by molar-refractivity contribution is 7.08. The predicted molar refractivity (Wildman–Crippen MR) is 114 cm³/mol. The third-order valence-electron chi connectivity index (χ3n) is 5.56. The average molecular weight is 417 g/mol. The Morgan fingerprint density at radius 3 is 2.59 bits per heavy atom. The Hall–Kier alpha value is -2.54. The van der Waals surface area contributed by atoms with Crippen LogP contribution < -0.4 is 15.4 Å². The summed E-state index contributed by atoms with van der Waals surface area (Å²) in [7, 11) is 1.56. The number of para-hydroxylation sites is 1. The van der Waals surface area contributed by atoms with Gasteiger partial charge in [0.15, 0.2) is 0 Å². The van der Waals surface area contributed by atoms with E-state index < -0.39 is 0 Å². The summed E-state index contributed by atoms with van der Waals surface area (Å²) in [6, 6.07) is 9.36. The Kier molecular flexibility index (Phi) is 7.14. The smallest absolute Gasteiger partial charge is 0.407 e. The van der Waals surface area contributed by atoms with E-state index in [0.29, 0.717) is 24.4 Å². The number of ether oxygens (including phenoxy) is 2. The van der Waals surface area contributed by atoms with E-state index in [2.05, 4.69) is 27.5 Å². The van der Waals surface area contributed by atoms with Crippen LogP contribution in [0.2, 0.25) is 0 Å². The molecule has 0 unspecified atom stereocenters. The lowest BCUT2D eigenvalue weighted by molar-refractivity contribution is 0.0568. The molecule has 0 atom stereocenters. The van der Waals surface area contributed by atoms with Gasteiger partial charge in [0.25, 0.3) is 5.91 Å². The van der Waals surface area contributed by atoms with Crippen molar-refractivity contribution < 1.29 is 19.1 Å². The first-order valence-electron chi connectivity index (χ1n) is 9.96. The highest BCUT2D eigenvalue weighted by atomic mass is 32.1. The first-order chi connectivity index (χ1) is 14.1. The molecule has 1 aliphatic rings. The van der Waals surface area contributed by atoms with Gasteiger partial charge in [-0.2, -0.15) is 11.3 Å². The highest BCUT2D eigenvalue weighted by Gasteiger charge is 2.38. The molecule has 2 aromatic rings. The van der Waals surface area contributed by atoms with Crippen LogP contribution in [-0.2, 0) is 10.2 Å². The lowest BCUT2D eigenvalue weighted by atomic mass is 9.69. The molecular formula is C22H28N2O4S. The van der Waals surface area contributed by atoms with E-state index in [-0.39, 0.29) is 23.5 Å².